The van der Waals surface area contributed by atoms with Crippen LogP contribution in [0.4, 0.5) is 0 Å². The molecule has 1 aromatic rings. The fourth-order valence-electron chi connectivity index (χ4n) is 2.44. The molecule has 22 heavy (non-hydrogen) atoms. The second kappa shape index (κ2) is 6.66. The van der Waals surface area contributed by atoms with Crippen molar-refractivity contribution in [1.29, 1.82) is 0 Å². The Morgan fingerprint density at radius 1 is 1.14 bits per heavy atom. The molecule has 8 heteroatoms. The Morgan fingerprint density at radius 2 is 1.73 bits per heavy atom. The van der Waals surface area contributed by atoms with E-state index in [2.05, 4.69) is 0 Å². The van der Waals surface area contributed by atoms with Gasteiger partial charge in [0.25, 0.3) is 0 Å². The Kier molecular flexibility index (Phi) is 5.26. The van der Waals surface area contributed by atoms with Crippen molar-refractivity contribution in [2.24, 2.45) is 5.92 Å². The Hall–Kier alpha value is -0.960. The van der Waals surface area contributed by atoms with Crippen LogP contribution in [0.1, 0.15) is 13.3 Å². The molecule has 1 aliphatic heterocycles. The van der Waals surface area contributed by atoms with Crippen LogP contribution >= 0.6 is 0 Å². The topological polar surface area (TPSA) is 80.8 Å². The zero-order chi connectivity index (χ0) is 16.4. The smallest absolute Gasteiger partial charge is 0.243 e. The summed E-state index contributed by atoms with van der Waals surface area (Å²) in [5.41, 5.74) is 0. The maximum atomic E-state index is 12.6. The number of sulfone groups is 1. The molecule has 2 rings (SSSR count). The quantitative estimate of drug-likeness (QED) is 0.771. The molecule has 0 N–H and O–H groups in total. The van der Waals surface area contributed by atoms with E-state index in [1.807, 2.05) is 6.92 Å². The summed E-state index contributed by atoms with van der Waals surface area (Å²) in [6, 6.07) is 5.36. The number of hydrogen-bond acceptors (Lipinski definition) is 5. The van der Waals surface area contributed by atoms with Crippen LogP contribution in [0.2, 0.25) is 0 Å². The standard InChI is InChI=1S/C14H21NO5S2/c1-3-20-11-12-8-9-15(10-12)22(18,19)14-6-4-13(5-7-14)21(2,16)17/h4-7,12H,3,8-11H2,1-2H3. The number of hydrogen-bond donors (Lipinski definition) is 0. The molecule has 1 aliphatic rings. The summed E-state index contributed by atoms with van der Waals surface area (Å²) >= 11 is 0. The van der Waals surface area contributed by atoms with Crippen LogP contribution in [-0.4, -0.2) is 53.7 Å². The zero-order valence-corrected chi connectivity index (χ0v) is 14.4. The van der Waals surface area contributed by atoms with Crippen LogP contribution in [0.15, 0.2) is 34.1 Å². The minimum atomic E-state index is -3.58. The van der Waals surface area contributed by atoms with E-state index in [0.717, 1.165) is 12.7 Å². The van der Waals surface area contributed by atoms with Gasteiger partial charge in [0.05, 0.1) is 16.4 Å². The van der Waals surface area contributed by atoms with Gasteiger partial charge in [0.1, 0.15) is 0 Å². The highest BCUT2D eigenvalue weighted by atomic mass is 32.2. The SMILES string of the molecule is CCOCC1CCN(S(=O)(=O)c2ccc(S(C)(=O)=O)cc2)C1. The van der Waals surface area contributed by atoms with E-state index in [-0.39, 0.29) is 15.7 Å². The molecule has 0 amide bonds. The molecule has 0 radical (unpaired) electrons. The second-order valence-corrected chi connectivity index (χ2v) is 9.37. The average molecular weight is 347 g/mol. The molecular formula is C14H21NO5S2. The molecular weight excluding hydrogens is 326 g/mol. The van der Waals surface area contributed by atoms with E-state index >= 15 is 0 Å². The lowest BCUT2D eigenvalue weighted by Gasteiger charge is -2.17. The van der Waals surface area contributed by atoms with Crippen molar-refractivity contribution in [1.82, 2.24) is 4.31 Å². The molecule has 0 aliphatic carbocycles. The molecule has 1 fully saturated rings. The maximum Gasteiger partial charge on any atom is 0.243 e. The molecule has 0 bridgehead atoms. The molecule has 0 spiro atoms. The summed E-state index contributed by atoms with van der Waals surface area (Å²) in [5.74, 6) is 0.213. The average Bonchev–Trinajstić information content (AvgIpc) is 2.94. The van der Waals surface area contributed by atoms with Gasteiger partial charge in [0, 0.05) is 26.0 Å². The van der Waals surface area contributed by atoms with Crippen molar-refractivity contribution in [3.8, 4) is 0 Å². The predicted molar refractivity (Wildman–Crippen MR) is 82.9 cm³/mol. The summed E-state index contributed by atoms with van der Waals surface area (Å²) < 4.78 is 54.7. The summed E-state index contributed by atoms with van der Waals surface area (Å²) in [4.78, 5) is 0.235. The number of nitrogens with zero attached hydrogens (tertiary/aromatic N) is 1. The molecule has 1 aromatic carbocycles. The first-order chi connectivity index (χ1) is 10.2. The van der Waals surface area contributed by atoms with Crippen LogP contribution < -0.4 is 0 Å². The first kappa shape index (κ1) is 17.4. The molecule has 0 aromatic heterocycles. The van der Waals surface area contributed by atoms with Gasteiger partial charge in [-0.2, -0.15) is 4.31 Å². The molecule has 1 heterocycles. The van der Waals surface area contributed by atoms with Crippen molar-refractivity contribution in [3.05, 3.63) is 24.3 Å². The van der Waals surface area contributed by atoms with Gasteiger partial charge in [-0.05, 0) is 43.5 Å². The maximum absolute atomic E-state index is 12.6. The normalized spacial score (nSPS) is 20.4. The van der Waals surface area contributed by atoms with E-state index in [4.69, 9.17) is 4.74 Å². The summed E-state index contributed by atoms with van der Waals surface area (Å²) in [6.45, 7) is 4.00. The van der Waals surface area contributed by atoms with Gasteiger partial charge in [-0.25, -0.2) is 16.8 Å². The third-order valence-electron chi connectivity index (χ3n) is 3.70. The van der Waals surface area contributed by atoms with Crippen molar-refractivity contribution in [3.63, 3.8) is 0 Å². The molecule has 0 saturated carbocycles. The molecule has 1 atom stereocenters. The zero-order valence-electron chi connectivity index (χ0n) is 12.7. The second-order valence-electron chi connectivity index (χ2n) is 5.42. The van der Waals surface area contributed by atoms with Crippen LogP contribution in [-0.2, 0) is 24.6 Å². The van der Waals surface area contributed by atoms with Gasteiger partial charge in [-0.3, -0.25) is 0 Å². The summed E-state index contributed by atoms with van der Waals surface area (Å²) in [6.07, 6.45) is 1.87. The fourth-order valence-corrected chi connectivity index (χ4v) is 4.61. The summed E-state index contributed by atoms with van der Waals surface area (Å²) in [5, 5.41) is 0. The fraction of sp³-hybridized carbons (Fsp3) is 0.571. The highest BCUT2D eigenvalue weighted by Gasteiger charge is 2.32. The highest BCUT2D eigenvalue weighted by Crippen LogP contribution is 2.25. The molecule has 1 unspecified atom stereocenters. The van der Waals surface area contributed by atoms with Crippen LogP contribution in [0, 0.1) is 5.92 Å². The van der Waals surface area contributed by atoms with Gasteiger partial charge in [0.2, 0.25) is 10.0 Å². The van der Waals surface area contributed by atoms with Gasteiger partial charge >= 0.3 is 0 Å². The van der Waals surface area contributed by atoms with Crippen molar-refractivity contribution < 1.29 is 21.6 Å². The minimum absolute atomic E-state index is 0.113. The van der Waals surface area contributed by atoms with E-state index in [1.54, 1.807) is 0 Å². The third kappa shape index (κ3) is 3.87. The lowest BCUT2D eigenvalue weighted by Crippen LogP contribution is -2.29. The van der Waals surface area contributed by atoms with Gasteiger partial charge in [-0.15, -0.1) is 0 Å². The van der Waals surface area contributed by atoms with E-state index in [1.165, 1.54) is 28.6 Å². The molecule has 1 saturated heterocycles. The number of benzene rings is 1. The minimum Gasteiger partial charge on any atom is -0.381 e. The van der Waals surface area contributed by atoms with Crippen molar-refractivity contribution >= 4 is 19.9 Å². The van der Waals surface area contributed by atoms with Gasteiger partial charge < -0.3 is 4.74 Å². The van der Waals surface area contributed by atoms with Crippen molar-refractivity contribution in [2.75, 3.05) is 32.6 Å². The Morgan fingerprint density at radius 3 is 2.27 bits per heavy atom. The van der Waals surface area contributed by atoms with Gasteiger partial charge in [0.15, 0.2) is 9.84 Å². The van der Waals surface area contributed by atoms with E-state index < -0.39 is 19.9 Å². The Labute approximate surface area is 132 Å². The number of sulfonamides is 1. The van der Waals surface area contributed by atoms with Crippen LogP contribution in [0.5, 0.6) is 0 Å². The molecule has 6 nitrogen and oxygen atoms in total. The first-order valence-corrected chi connectivity index (χ1v) is 10.5. The Bertz CT molecular complexity index is 710. The van der Waals surface area contributed by atoms with E-state index in [0.29, 0.717) is 26.3 Å². The van der Waals surface area contributed by atoms with Crippen molar-refractivity contribution in [2.45, 2.75) is 23.1 Å². The number of rotatable bonds is 6. The Balaban J connectivity index is 2.14. The lowest BCUT2D eigenvalue weighted by molar-refractivity contribution is 0.115. The summed E-state index contributed by atoms with van der Waals surface area (Å²) in [7, 11) is -6.90. The molecule has 124 valence electrons. The van der Waals surface area contributed by atoms with Crippen LogP contribution in [0.25, 0.3) is 0 Å². The van der Waals surface area contributed by atoms with Crippen LogP contribution in [0.3, 0.4) is 0 Å². The number of ether oxygens (including phenoxy) is 1. The van der Waals surface area contributed by atoms with E-state index in [9.17, 15) is 16.8 Å². The largest absolute Gasteiger partial charge is 0.381 e. The third-order valence-corrected chi connectivity index (χ3v) is 6.70. The predicted octanol–water partition coefficient (Wildman–Crippen LogP) is 1.14. The van der Waals surface area contributed by atoms with Gasteiger partial charge in [-0.1, -0.05) is 0 Å². The highest BCUT2D eigenvalue weighted by molar-refractivity contribution is 7.90. The monoisotopic (exact) mass is 347 g/mol. The lowest BCUT2D eigenvalue weighted by atomic mass is 10.1. The first-order valence-electron chi connectivity index (χ1n) is 7.13.